The highest BCUT2D eigenvalue weighted by Crippen LogP contribution is 2.29. The van der Waals surface area contributed by atoms with Crippen LogP contribution in [0.15, 0.2) is 44.6 Å². The van der Waals surface area contributed by atoms with Crippen LogP contribution in [0.3, 0.4) is 0 Å². The fourth-order valence-electron chi connectivity index (χ4n) is 2.18. The number of amidine groups is 1. The average molecular weight is 312 g/mol. The largest absolute Gasteiger partial charge is 0.462 e. The van der Waals surface area contributed by atoms with Gasteiger partial charge in [-0.15, -0.1) is 0 Å². The highest BCUT2D eigenvalue weighted by Gasteiger charge is 2.24. The van der Waals surface area contributed by atoms with E-state index in [1.165, 1.54) is 17.3 Å². The molecule has 1 saturated heterocycles. The van der Waals surface area contributed by atoms with Crippen molar-refractivity contribution in [1.82, 2.24) is 5.32 Å². The second-order valence-corrected chi connectivity index (χ2v) is 6.25. The van der Waals surface area contributed by atoms with Gasteiger partial charge in [-0.05, 0) is 56.3 Å². The summed E-state index contributed by atoms with van der Waals surface area (Å²) in [7, 11) is 0. The van der Waals surface area contributed by atoms with Crippen molar-refractivity contribution in [3.05, 3.63) is 57.9 Å². The van der Waals surface area contributed by atoms with Crippen molar-refractivity contribution in [3.8, 4) is 0 Å². The Kier molecular flexibility index (Phi) is 3.90. The molecule has 1 fully saturated rings. The molecule has 3 rings (SSSR count). The maximum atomic E-state index is 12.0. The topological polar surface area (TPSA) is 54.6 Å². The molecule has 1 aliphatic rings. The Bertz CT molecular complexity index is 803. The Labute approximate surface area is 133 Å². The van der Waals surface area contributed by atoms with Gasteiger partial charge in [-0.1, -0.05) is 17.7 Å². The van der Waals surface area contributed by atoms with E-state index in [0.717, 1.165) is 17.0 Å². The lowest BCUT2D eigenvalue weighted by molar-refractivity contribution is -0.115. The molecule has 0 atom stereocenters. The van der Waals surface area contributed by atoms with Gasteiger partial charge in [-0.2, -0.15) is 0 Å². The van der Waals surface area contributed by atoms with Crippen LogP contribution in [-0.2, 0) is 4.79 Å². The van der Waals surface area contributed by atoms with Gasteiger partial charge in [0.25, 0.3) is 5.91 Å². The Morgan fingerprint density at radius 2 is 2.00 bits per heavy atom. The monoisotopic (exact) mass is 312 g/mol. The molecule has 0 unspecified atom stereocenters. The van der Waals surface area contributed by atoms with Crippen LogP contribution in [0.4, 0.5) is 5.69 Å². The third kappa shape index (κ3) is 3.14. The zero-order chi connectivity index (χ0) is 15.7. The van der Waals surface area contributed by atoms with Crippen LogP contribution < -0.4 is 5.32 Å². The van der Waals surface area contributed by atoms with Crippen molar-refractivity contribution in [2.24, 2.45) is 4.99 Å². The van der Waals surface area contributed by atoms with Crippen molar-refractivity contribution >= 4 is 34.6 Å². The minimum absolute atomic E-state index is 0.150. The molecule has 5 heteroatoms. The van der Waals surface area contributed by atoms with Crippen LogP contribution >= 0.6 is 11.8 Å². The summed E-state index contributed by atoms with van der Waals surface area (Å²) in [6, 6.07) is 9.76. The predicted molar refractivity (Wildman–Crippen MR) is 90.2 cm³/mol. The van der Waals surface area contributed by atoms with Gasteiger partial charge in [0.1, 0.15) is 11.5 Å². The van der Waals surface area contributed by atoms with E-state index in [0.29, 0.717) is 15.8 Å². The van der Waals surface area contributed by atoms with Crippen LogP contribution in [0.25, 0.3) is 6.08 Å². The minimum atomic E-state index is -0.150. The van der Waals surface area contributed by atoms with Crippen LogP contribution in [0, 0.1) is 20.8 Å². The van der Waals surface area contributed by atoms with Gasteiger partial charge in [0.15, 0.2) is 5.17 Å². The summed E-state index contributed by atoms with van der Waals surface area (Å²) >= 11 is 1.32. The molecule has 2 heterocycles. The number of aliphatic imine (C=N–C) groups is 1. The summed E-state index contributed by atoms with van der Waals surface area (Å²) in [6.45, 7) is 5.93. The molecule has 0 saturated carbocycles. The van der Waals surface area contributed by atoms with E-state index in [4.69, 9.17) is 4.42 Å². The van der Waals surface area contributed by atoms with Crippen molar-refractivity contribution in [1.29, 1.82) is 0 Å². The zero-order valence-electron chi connectivity index (χ0n) is 12.6. The number of nitrogens with zero attached hydrogens (tertiary/aromatic N) is 1. The first kappa shape index (κ1) is 14.7. The van der Waals surface area contributed by atoms with Gasteiger partial charge in [0.05, 0.1) is 10.6 Å². The Balaban J connectivity index is 1.85. The molecule has 0 spiro atoms. The normalized spacial score (nSPS) is 18.2. The third-order valence-electron chi connectivity index (χ3n) is 3.26. The maximum Gasteiger partial charge on any atom is 0.264 e. The van der Waals surface area contributed by atoms with Crippen LogP contribution in [0.2, 0.25) is 0 Å². The predicted octanol–water partition coefficient (Wildman–Crippen LogP) is 4.10. The minimum Gasteiger partial charge on any atom is -0.462 e. The van der Waals surface area contributed by atoms with Crippen molar-refractivity contribution in [2.75, 3.05) is 0 Å². The van der Waals surface area contributed by atoms with Crippen LogP contribution in [-0.4, -0.2) is 11.1 Å². The maximum absolute atomic E-state index is 12.0. The Morgan fingerprint density at radius 3 is 2.68 bits per heavy atom. The molecule has 1 aliphatic heterocycles. The molecular weight excluding hydrogens is 296 g/mol. The molecule has 22 heavy (non-hydrogen) atoms. The summed E-state index contributed by atoms with van der Waals surface area (Å²) in [5, 5.41) is 3.37. The number of amides is 1. The van der Waals surface area contributed by atoms with Gasteiger partial charge < -0.3 is 9.73 Å². The standard InChI is InChI=1S/C17H16N2O2S/c1-10-4-7-14(11(2)8-10)18-17-19-16(20)15(22-17)9-13-6-5-12(3)21-13/h4-9H,1-3H3,(H,18,19,20)/b15-9+. The molecule has 1 aromatic carbocycles. The lowest BCUT2D eigenvalue weighted by Gasteiger charge is -2.02. The van der Waals surface area contributed by atoms with Crippen molar-refractivity contribution in [2.45, 2.75) is 20.8 Å². The van der Waals surface area contributed by atoms with Gasteiger partial charge in [-0.3, -0.25) is 4.79 Å². The molecule has 2 aromatic rings. The molecule has 0 bridgehead atoms. The number of benzene rings is 1. The zero-order valence-corrected chi connectivity index (χ0v) is 13.5. The molecular formula is C17H16N2O2S. The van der Waals surface area contributed by atoms with E-state index in [-0.39, 0.29) is 5.91 Å². The summed E-state index contributed by atoms with van der Waals surface area (Å²) in [6.07, 6.45) is 1.73. The fraction of sp³-hybridized carbons (Fsp3) is 0.176. The quantitative estimate of drug-likeness (QED) is 0.850. The average Bonchev–Trinajstić information content (AvgIpc) is 3.00. The Hall–Kier alpha value is -2.27. The smallest absolute Gasteiger partial charge is 0.264 e. The highest BCUT2D eigenvalue weighted by atomic mass is 32.2. The van der Waals surface area contributed by atoms with Gasteiger partial charge in [0.2, 0.25) is 0 Å². The summed E-state index contributed by atoms with van der Waals surface area (Å²) in [4.78, 5) is 17.1. The SMILES string of the molecule is Cc1ccc(N=C2NC(=O)/C(=C\c3ccc(C)o3)S2)c(C)c1. The first-order valence-electron chi connectivity index (χ1n) is 6.94. The third-order valence-corrected chi connectivity index (χ3v) is 4.17. The molecule has 4 nitrogen and oxygen atoms in total. The number of hydrogen-bond donors (Lipinski definition) is 1. The fourth-order valence-corrected chi connectivity index (χ4v) is 3.00. The molecule has 1 aromatic heterocycles. The van der Waals surface area contributed by atoms with Crippen LogP contribution in [0.1, 0.15) is 22.6 Å². The number of rotatable bonds is 2. The van der Waals surface area contributed by atoms with E-state index in [2.05, 4.69) is 16.4 Å². The van der Waals surface area contributed by atoms with Crippen molar-refractivity contribution in [3.63, 3.8) is 0 Å². The van der Waals surface area contributed by atoms with Crippen LogP contribution in [0.5, 0.6) is 0 Å². The lowest BCUT2D eigenvalue weighted by Crippen LogP contribution is -2.19. The Morgan fingerprint density at radius 1 is 1.18 bits per heavy atom. The van der Waals surface area contributed by atoms with Gasteiger partial charge in [-0.25, -0.2) is 4.99 Å². The number of carbonyl (C=O) groups excluding carboxylic acids is 1. The number of aryl methyl sites for hydroxylation is 3. The van der Waals surface area contributed by atoms with Crippen molar-refractivity contribution < 1.29 is 9.21 Å². The number of nitrogens with one attached hydrogen (secondary N) is 1. The molecule has 112 valence electrons. The second kappa shape index (κ2) is 5.85. The molecule has 1 amide bonds. The van der Waals surface area contributed by atoms with Gasteiger partial charge in [0, 0.05) is 6.08 Å². The molecule has 1 N–H and O–H groups in total. The van der Waals surface area contributed by atoms with Gasteiger partial charge >= 0.3 is 0 Å². The number of carbonyl (C=O) groups is 1. The lowest BCUT2D eigenvalue weighted by atomic mass is 10.1. The van der Waals surface area contributed by atoms with E-state index in [1.54, 1.807) is 6.08 Å². The first-order chi connectivity index (χ1) is 10.5. The first-order valence-corrected chi connectivity index (χ1v) is 7.76. The summed E-state index contributed by atoms with van der Waals surface area (Å²) < 4.78 is 5.47. The molecule has 0 aliphatic carbocycles. The number of hydrogen-bond acceptors (Lipinski definition) is 4. The van der Waals surface area contributed by atoms with E-state index < -0.39 is 0 Å². The van der Waals surface area contributed by atoms with E-state index >= 15 is 0 Å². The number of furan rings is 1. The molecule has 0 radical (unpaired) electrons. The number of thioether (sulfide) groups is 1. The van der Waals surface area contributed by atoms with E-state index in [9.17, 15) is 4.79 Å². The van der Waals surface area contributed by atoms with E-state index in [1.807, 2.05) is 45.0 Å². The summed E-state index contributed by atoms with van der Waals surface area (Å²) in [5.41, 5.74) is 3.14. The second-order valence-electron chi connectivity index (χ2n) is 5.22. The summed E-state index contributed by atoms with van der Waals surface area (Å²) in [5.74, 6) is 1.34. The highest BCUT2D eigenvalue weighted by molar-refractivity contribution is 8.18.